The largest absolute Gasteiger partial charge is 0.504 e. The van der Waals surface area contributed by atoms with Crippen LogP contribution < -0.4 is 51.5 Å². The van der Waals surface area contributed by atoms with E-state index in [4.69, 9.17) is 24.3 Å². The van der Waals surface area contributed by atoms with Crippen molar-refractivity contribution in [2.24, 2.45) is 0 Å². The molecule has 0 fully saturated rings. The van der Waals surface area contributed by atoms with Gasteiger partial charge < -0.3 is 44.7 Å². The van der Waals surface area contributed by atoms with Crippen LogP contribution in [0.5, 0.6) is 40.2 Å². The standard InChI is InChI=1S/C20H20O2S.2C18H15P.C16H12O4S.C8H11BO3.C4H2Br2S.CH4.Pd/c1-13-5-6-15(11-14(13)2)19-9-10-20(23-19)16-7-8-17(21-3)18(12-16)22-4;2*1-4-10-16(11-5-1)19(17-12-6-2-7-13-17)18-14-8-3-9-15-18;17-11-3-1-9(7-13(11)19)15-5-6-16(21-15)10-2-4-12(18)14(20)8-10;1-6-3-4-7(9(10)11)5-8(6)12-2;5-3-1-2-4(6)7-3;;/h5-12H,1-4H3;2*1-15H;1-8,17-20H;3-5,10-11H,1-2H3;1-2H;1H4;. The van der Waals surface area contributed by atoms with Crippen molar-refractivity contribution >= 4 is 126 Å². The molecule has 3 heterocycles. The minimum Gasteiger partial charge on any atom is -0.504 e. The van der Waals surface area contributed by atoms with Crippen molar-refractivity contribution in [1.29, 1.82) is 0 Å². The number of rotatable bonds is 14. The number of halogens is 2. The molecule has 0 bridgehead atoms. The number of methoxy groups -OCH3 is 3. The van der Waals surface area contributed by atoms with Gasteiger partial charge >= 0.3 is 7.12 Å². The van der Waals surface area contributed by atoms with Gasteiger partial charge in [0.2, 0.25) is 0 Å². The number of benzene rings is 11. The third-order valence-electron chi connectivity index (χ3n) is 15.5. The monoisotopic (exact) mass is 1680 g/mol. The summed E-state index contributed by atoms with van der Waals surface area (Å²) in [5, 5.41) is 63.8. The van der Waals surface area contributed by atoms with Gasteiger partial charge in [0.05, 0.1) is 28.9 Å². The Bertz CT molecular complexity index is 4460. The first kappa shape index (κ1) is 81.9. The average Bonchev–Trinajstić information content (AvgIpc) is 1.45. The number of hydrogen-bond donors (Lipinski definition) is 6. The van der Waals surface area contributed by atoms with Crippen molar-refractivity contribution in [3.63, 3.8) is 0 Å². The predicted octanol–water partition coefficient (Wildman–Crippen LogP) is 20.1. The maximum Gasteiger partial charge on any atom is 0.488 e. The maximum atomic E-state index is 9.55. The summed E-state index contributed by atoms with van der Waals surface area (Å²) in [5.74, 6) is 1.54. The van der Waals surface area contributed by atoms with E-state index in [9.17, 15) is 20.4 Å². The van der Waals surface area contributed by atoms with Gasteiger partial charge in [-0.25, -0.2) is 0 Å². The summed E-state index contributed by atoms with van der Waals surface area (Å²) in [5.41, 5.74) is 8.06. The summed E-state index contributed by atoms with van der Waals surface area (Å²) >= 11 is 11.6. The molecular weight excluding hydrogens is 1600 g/mol. The maximum absolute atomic E-state index is 9.55. The third kappa shape index (κ3) is 23.8. The fourth-order valence-corrected chi connectivity index (χ4v) is 19.2. The minimum absolute atomic E-state index is 0. The number of aromatic hydroxyl groups is 4. The van der Waals surface area contributed by atoms with Crippen molar-refractivity contribution in [3.05, 3.63) is 334 Å². The van der Waals surface area contributed by atoms with Gasteiger partial charge in [0.15, 0.2) is 34.5 Å². The normalized spacial score (nSPS) is 10.2. The van der Waals surface area contributed by atoms with E-state index in [1.54, 1.807) is 74.3 Å². The van der Waals surface area contributed by atoms with Crippen molar-refractivity contribution < 1.29 is 65.1 Å². The number of ether oxygens (including phenoxy) is 3. The third-order valence-corrected chi connectivity index (χ3v) is 25.0. The van der Waals surface area contributed by atoms with Crippen molar-refractivity contribution in [3.8, 4) is 82.0 Å². The molecule has 0 aliphatic carbocycles. The molecule has 3 aromatic heterocycles. The number of phenolic OH excluding ortho intramolecular Hbond substituents is 4. The first-order valence-electron chi connectivity index (χ1n) is 31.9. The van der Waals surface area contributed by atoms with Gasteiger partial charge in [-0.05, 0) is 242 Å². The fourth-order valence-electron chi connectivity index (χ4n) is 10.2. The fraction of sp³-hybridized carbons (Fsp3) is 0.0824. The number of aryl methyl sites for hydroxylation is 3. The van der Waals surface area contributed by atoms with Crippen LogP contribution >= 0.6 is 81.7 Å². The summed E-state index contributed by atoms with van der Waals surface area (Å²) in [6, 6.07) is 104. The molecule has 0 saturated heterocycles. The predicted molar refractivity (Wildman–Crippen MR) is 444 cm³/mol. The number of phenols is 4. The Morgan fingerprint density at radius 1 is 0.301 bits per heavy atom. The molecule has 18 heteroatoms. The van der Waals surface area contributed by atoms with E-state index < -0.39 is 23.0 Å². The van der Waals surface area contributed by atoms with Crippen LogP contribution in [0, 0.1) is 20.8 Å². The van der Waals surface area contributed by atoms with Gasteiger partial charge in [-0.3, -0.25) is 0 Å². The SMILES string of the molecule is Brc1ccc(Br)s1.C.COc1cc(B(O)O)ccc1C.COc1ccc(-c2ccc(-c3ccc(C)c(C)c3)s2)cc1OC.Oc1ccc(-c2ccc(-c3ccc(O)c(O)c3)s2)cc1O.[Pd].c1ccc(P(c2ccccc2)c2ccccc2)cc1.c1ccc(P(c2ccccc2)c2ccccc2)cc1. The summed E-state index contributed by atoms with van der Waals surface area (Å²) in [6.07, 6.45) is 0. The number of hydrogen-bond acceptors (Lipinski definition) is 12. The van der Waals surface area contributed by atoms with Gasteiger partial charge in [-0.15, -0.1) is 34.0 Å². The molecule has 11 aromatic carbocycles. The van der Waals surface area contributed by atoms with Gasteiger partial charge in [-0.1, -0.05) is 220 Å². The minimum atomic E-state index is -1.43. The van der Waals surface area contributed by atoms with E-state index in [0.29, 0.717) is 11.2 Å². The van der Waals surface area contributed by atoms with E-state index in [1.165, 1.54) is 101 Å². The molecule has 14 rings (SSSR count). The Kier molecular flexibility index (Phi) is 33.2. The average molecular weight is 1680 g/mol. The zero-order valence-electron chi connectivity index (χ0n) is 56.6. The second-order valence-electron chi connectivity index (χ2n) is 22.4. The Hall–Kier alpha value is -8.41. The Morgan fingerprint density at radius 3 is 0.913 bits per heavy atom. The second kappa shape index (κ2) is 41.8. The van der Waals surface area contributed by atoms with Crippen LogP contribution in [-0.4, -0.2) is 58.9 Å². The molecule has 0 radical (unpaired) electrons. The van der Waals surface area contributed by atoms with Crippen LogP contribution in [0.3, 0.4) is 0 Å². The topological polar surface area (TPSA) is 149 Å². The first-order valence-corrected chi connectivity index (χ1v) is 38.6. The van der Waals surface area contributed by atoms with Crippen molar-refractivity contribution in [2.75, 3.05) is 21.3 Å². The Labute approximate surface area is 650 Å². The summed E-state index contributed by atoms with van der Waals surface area (Å²) in [6.45, 7) is 6.19. The molecule has 0 saturated carbocycles. The van der Waals surface area contributed by atoms with E-state index in [1.807, 2.05) is 43.3 Å². The summed E-state index contributed by atoms with van der Waals surface area (Å²) < 4.78 is 18.0. The molecule has 14 aromatic rings. The molecule has 0 atom stereocenters. The molecule has 9 nitrogen and oxygen atoms in total. The van der Waals surface area contributed by atoms with Crippen LogP contribution in [0.2, 0.25) is 0 Å². The zero-order valence-corrected chi connectivity index (χ0v) is 65.6. The summed E-state index contributed by atoms with van der Waals surface area (Å²) in [4.78, 5) is 4.35. The van der Waals surface area contributed by atoms with Crippen LogP contribution in [0.15, 0.2) is 317 Å². The van der Waals surface area contributed by atoms with E-state index in [2.05, 4.69) is 264 Å². The molecule has 0 unspecified atom stereocenters. The van der Waals surface area contributed by atoms with Crippen LogP contribution in [-0.2, 0) is 20.4 Å². The van der Waals surface area contributed by atoms with Crippen molar-refractivity contribution in [1.82, 2.24) is 0 Å². The van der Waals surface area contributed by atoms with Gasteiger partial charge in [0, 0.05) is 39.9 Å². The van der Waals surface area contributed by atoms with E-state index in [0.717, 1.165) is 43.5 Å². The molecule has 103 heavy (non-hydrogen) atoms. The van der Waals surface area contributed by atoms with E-state index in [-0.39, 0.29) is 50.8 Å². The van der Waals surface area contributed by atoms with E-state index >= 15 is 0 Å². The van der Waals surface area contributed by atoms with Crippen LogP contribution in [0.1, 0.15) is 24.1 Å². The Morgan fingerprint density at radius 2 is 0.612 bits per heavy atom. The van der Waals surface area contributed by atoms with Crippen molar-refractivity contribution in [2.45, 2.75) is 28.2 Å². The number of thiophene rings is 3. The molecule has 0 spiro atoms. The second-order valence-corrected chi connectivity index (χ2v) is 32.9. The van der Waals surface area contributed by atoms with Crippen LogP contribution in [0.4, 0.5) is 0 Å². The molecule has 528 valence electrons. The van der Waals surface area contributed by atoms with Gasteiger partial charge in [0.1, 0.15) is 5.75 Å². The van der Waals surface area contributed by atoms with Gasteiger partial charge in [0.25, 0.3) is 0 Å². The molecule has 0 aliphatic heterocycles. The summed E-state index contributed by atoms with van der Waals surface area (Å²) in [7, 11) is 2.54. The Balaban J connectivity index is 0.000000177. The zero-order chi connectivity index (χ0) is 71.6. The van der Waals surface area contributed by atoms with Gasteiger partial charge in [-0.2, -0.15) is 0 Å². The quantitative estimate of drug-likeness (QED) is 0.0355. The van der Waals surface area contributed by atoms with Crippen LogP contribution in [0.25, 0.3) is 41.8 Å². The first-order chi connectivity index (χ1) is 49.0. The smallest absolute Gasteiger partial charge is 0.488 e. The molecular formula is C85H79BBr2O9P2PdS3. The molecule has 0 aliphatic rings. The molecule has 0 amide bonds. The molecule has 6 N–H and O–H groups in total.